The van der Waals surface area contributed by atoms with E-state index in [1.165, 1.54) is 23.6 Å². The topological polar surface area (TPSA) is 162 Å². The van der Waals surface area contributed by atoms with Gasteiger partial charge >= 0.3 is 6.09 Å². The van der Waals surface area contributed by atoms with Gasteiger partial charge in [0.1, 0.15) is 22.4 Å². The van der Waals surface area contributed by atoms with Crippen molar-refractivity contribution < 1.29 is 19.7 Å². The highest BCUT2D eigenvalue weighted by Crippen LogP contribution is 2.45. The number of aromatic nitrogens is 2. The first kappa shape index (κ1) is 31.3. The molecule has 1 atom stereocenters. The van der Waals surface area contributed by atoms with E-state index in [4.69, 9.17) is 10.1 Å². The molecule has 0 aromatic carbocycles. The third-order valence-electron chi connectivity index (χ3n) is 7.11. The second-order valence-corrected chi connectivity index (χ2v) is 13.0. The summed E-state index contributed by atoms with van der Waals surface area (Å²) in [6.45, 7) is 7.49. The molecule has 2 aromatic heterocycles. The Morgan fingerprint density at radius 3 is 2.74 bits per heavy atom. The average Bonchev–Trinajstić information content (AvgIpc) is 3.09. The van der Waals surface area contributed by atoms with Crippen LogP contribution in [0.15, 0.2) is 17.3 Å². The summed E-state index contributed by atoms with van der Waals surface area (Å²) >= 11 is 1.46. The van der Waals surface area contributed by atoms with Gasteiger partial charge < -0.3 is 35.1 Å². The fourth-order valence-corrected chi connectivity index (χ4v) is 6.38. The molecule has 1 amide bonds. The Kier molecular flexibility index (Phi) is 9.50. The van der Waals surface area contributed by atoms with Crippen molar-refractivity contribution in [3.8, 4) is 6.07 Å². The molecule has 0 spiro atoms. The molecule has 1 aliphatic heterocycles. The molecule has 0 bridgehead atoms. The minimum atomic E-state index is -2.41. The summed E-state index contributed by atoms with van der Waals surface area (Å²) < 4.78 is 5.51. The number of aryl methyl sites for hydroxylation is 1. The number of aliphatic imine (C=N–C) groups is 1. The molecule has 0 radical (unpaired) electrons. The lowest BCUT2D eigenvalue weighted by molar-refractivity contribution is -0.166. The first-order valence-corrected chi connectivity index (χ1v) is 15.0. The third-order valence-corrected chi connectivity index (χ3v) is 8.28. The van der Waals surface area contributed by atoms with Crippen molar-refractivity contribution in [1.82, 2.24) is 19.8 Å². The van der Waals surface area contributed by atoms with Gasteiger partial charge in [0.2, 0.25) is 11.7 Å². The number of thiophene rings is 1. The van der Waals surface area contributed by atoms with Crippen LogP contribution in [-0.4, -0.2) is 94.0 Å². The lowest BCUT2D eigenvalue weighted by Crippen LogP contribution is -2.39. The largest absolute Gasteiger partial charge is 0.444 e. The van der Waals surface area contributed by atoms with E-state index in [0.29, 0.717) is 55.5 Å². The highest BCUT2D eigenvalue weighted by atomic mass is 32.1. The summed E-state index contributed by atoms with van der Waals surface area (Å²) in [7, 11) is 3.71. The summed E-state index contributed by atoms with van der Waals surface area (Å²) in [5.41, 5.74) is 0.767. The molecule has 12 nitrogen and oxygen atoms in total. The number of carbonyl (C=O) groups excluding carboxylic acids is 1. The predicted molar refractivity (Wildman–Crippen MR) is 162 cm³/mol. The van der Waals surface area contributed by atoms with Crippen molar-refractivity contribution in [3.05, 3.63) is 34.0 Å². The van der Waals surface area contributed by atoms with Crippen molar-refractivity contribution in [2.24, 2.45) is 4.99 Å². The zero-order chi connectivity index (χ0) is 30.7. The standard InChI is InChI=1S/C29H40N8O4S/c1-28(2,3)41-27(38)37-13-7-12-36(14-15-37)26-32-11-10-23(34-26)29(39,40)16-21(31)19-8-6-9-22-24(19)20(17-30)25(42-22)33-18-35(4)5/h10-11,18-19,31,39-40H,6-9,12-16H2,1-5H3/b31-21?,33-18+/t19-/m1/s1. The molecule has 3 heterocycles. The Bertz CT molecular complexity index is 1370. The molecule has 0 saturated carbocycles. The zero-order valence-corrected chi connectivity index (χ0v) is 25.7. The van der Waals surface area contributed by atoms with Gasteiger partial charge in [0.15, 0.2) is 0 Å². The summed E-state index contributed by atoms with van der Waals surface area (Å²) in [4.78, 5) is 32.2. The summed E-state index contributed by atoms with van der Waals surface area (Å²) in [6, 6.07) is 3.71. The van der Waals surface area contributed by atoms with Crippen LogP contribution in [0.5, 0.6) is 0 Å². The van der Waals surface area contributed by atoms with E-state index < -0.39 is 17.3 Å². The number of nitriles is 1. The van der Waals surface area contributed by atoms with E-state index >= 15 is 0 Å². The minimum Gasteiger partial charge on any atom is -0.444 e. The molecule has 4 rings (SSSR count). The molecule has 1 saturated heterocycles. The number of rotatable bonds is 7. The number of ether oxygens (including phenoxy) is 1. The normalized spacial score (nSPS) is 17.9. The van der Waals surface area contributed by atoms with Crippen LogP contribution >= 0.6 is 11.3 Å². The van der Waals surface area contributed by atoms with E-state index in [2.05, 4.69) is 21.0 Å². The van der Waals surface area contributed by atoms with Gasteiger partial charge in [-0.1, -0.05) is 0 Å². The van der Waals surface area contributed by atoms with Crippen LogP contribution in [0, 0.1) is 16.7 Å². The number of carbonyl (C=O) groups is 1. The Hall–Kier alpha value is -3.60. The zero-order valence-electron chi connectivity index (χ0n) is 24.9. The maximum absolute atomic E-state index is 12.5. The van der Waals surface area contributed by atoms with Gasteiger partial charge in [0.25, 0.3) is 0 Å². The van der Waals surface area contributed by atoms with Crippen molar-refractivity contribution in [1.29, 1.82) is 10.7 Å². The number of nitrogens with one attached hydrogen (secondary N) is 1. The Labute approximate surface area is 250 Å². The van der Waals surface area contributed by atoms with Gasteiger partial charge in [-0.25, -0.2) is 19.8 Å². The minimum absolute atomic E-state index is 0.0105. The van der Waals surface area contributed by atoms with Crippen LogP contribution in [-0.2, 0) is 16.9 Å². The van der Waals surface area contributed by atoms with Gasteiger partial charge in [-0.2, -0.15) is 5.26 Å². The smallest absolute Gasteiger partial charge is 0.410 e. The monoisotopic (exact) mass is 596 g/mol. The lowest BCUT2D eigenvalue weighted by Gasteiger charge is -2.29. The molecule has 0 unspecified atom stereocenters. The van der Waals surface area contributed by atoms with Crippen LogP contribution in [0.4, 0.5) is 15.7 Å². The number of amides is 1. The quantitative estimate of drug-likeness (QED) is 0.245. The number of nitrogens with zero attached hydrogens (tertiary/aromatic N) is 7. The number of aliphatic hydroxyl groups is 2. The van der Waals surface area contributed by atoms with Gasteiger partial charge in [-0.15, -0.1) is 11.3 Å². The summed E-state index contributed by atoms with van der Waals surface area (Å²) in [5.74, 6) is -2.49. The molecule has 2 aliphatic rings. The number of hydrogen-bond donors (Lipinski definition) is 3. The predicted octanol–water partition coefficient (Wildman–Crippen LogP) is 3.75. The molecular weight excluding hydrogens is 556 g/mol. The Balaban J connectivity index is 1.49. The first-order chi connectivity index (χ1) is 19.8. The van der Waals surface area contributed by atoms with Crippen LogP contribution in [0.3, 0.4) is 0 Å². The molecule has 13 heteroatoms. The maximum Gasteiger partial charge on any atom is 0.410 e. The summed E-state index contributed by atoms with van der Waals surface area (Å²) in [6.07, 6.45) is 5.34. The van der Waals surface area contributed by atoms with Gasteiger partial charge in [-0.05, 0) is 58.1 Å². The van der Waals surface area contributed by atoms with E-state index in [9.17, 15) is 20.3 Å². The second-order valence-electron chi connectivity index (χ2n) is 12.0. The molecule has 1 fully saturated rings. The fraction of sp³-hybridized carbons (Fsp3) is 0.586. The second kappa shape index (κ2) is 12.7. The highest BCUT2D eigenvalue weighted by Gasteiger charge is 2.37. The Morgan fingerprint density at radius 2 is 2.05 bits per heavy atom. The number of anilines is 1. The molecule has 1 aliphatic carbocycles. The van der Waals surface area contributed by atoms with Crippen LogP contribution < -0.4 is 4.90 Å². The van der Waals surface area contributed by atoms with Crippen molar-refractivity contribution in [2.75, 3.05) is 45.2 Å². The van der Waals surface area contributed by atoms with Crippen molar-refractivity contribution in [2.45, 2.75) is 70.2 Å². The van der Waals surface area contributed by atoms with Crippen molar-refractivity contribution >= 4 is 40.4 Å². The van der Waals surface area contributed by atoms with Gasteiger partial charge in [0, 0.05) is 69.4 Å². The molecule has 226 valence electrons. The van der Waals surface area contributed by atoms with Crippen molar-refractivity contribution in [3.63, 3.8) is 0 Å². The van der Waals surface area contributed by atoms with Gasteiger partial charge in [0.05, 0.1) is 11.9 Å². The molecule has 42 heavy (non-hydrogen) atoms. The molecule has 2 aromatic rings. The average molecular weight is 597 g/mol. The highest BCUT2D eigenvalue weighted by molar-refractivity contribution is 7.16. The van der Waals surface area contributed by atoms with E-state index in [-0.39, 0.29) is 23.9 Å². The van der Waals surface area contributed by atoms with Crippen LogP contribution in [0.25, 0.3) is 0 Å². The van der Waals surface area contributed by atoms with Crippen LogP contribution in [0.2, 0.25) is 0 Å². The number of hydrogen-bond acceptors (Lipinski definition) is 11. The summed E-state index contributed by atoms with van der Waals surface area (Å²) in [5, 5.41) is 41.8. The van der Waals surface area contributed by atoms with E-state index in [1.54, 1.807) is 16.1 Å². The van der Waals surface area contributed by atoms with E-state index in [0.717, 1.165) is 23.3 Å². The maximum atomic E-state index is 12.5. The molecular formula is C29H40N8O4S. The SMILES string of the molecule is CN(C)/C=N/c1sc2c(c1C#N)[C@@H](C(=N)CC(O)(O)c1ccnc(N3CCCN(C(=O)OC(C)(C)C)CC3)n1)CCC2. The number of fused-ring (bicyclic) bond motifs is 1. The van der Waals surface area contributed by atoms with Gasteiger partial charge in [-0.3, -0.25) is 0 Å². The van der Waals surface area contributed by atoms with Crippen LogP contribution in [0.1, 0.15) is 74.1 Å². The third kappa shape index (κ3) is 7.42. The fourth-order valence-electron chi connectivity index (χ4n) is 5.19. The molecule has 3 N–H and O–H groups in total. The Morgan fingerprint density at radius 1 is 1.29 bits per heavy atom. The lowest BCUT2D eigenvalue weighted by atomic mass is 9.80. The first-order valence-electron chi connectivity index (χ1n) is 14.1. The van der Waals surface area contributed by atoms with E-state index in [1.807, 2.05) is 39.8 Å².